The topological polar surface area (TPSA) is 79.7 Å². The maximum atomic E-state index is 13.2. The van der Waals surface area contributed by atoms with Crippen LogP contribution in [0.2, 0.25) is 10.0 Å². The molecule has 1 amide bonds. The van der Waals surface area contributed by atoms with Gasteiger partial charge in [0, 0.05) is 24.5 Å². The van der Waals surface area contributed by atoms with Crippen molar-refractivity contribution in [2.75, 3.05) is 6.61 Å². The molecule has 1 aliphatic heterocycles. The number of hydrogen-bond acceptors (Lipinski definition) is 5. The Bertz CT molecular complexity index is 1290. The lowest BCUT2D eigenvalue weighted by Gasteiger charge is -2.25. The molecule has 1 N–H and O–H groups in total. The number of pyridine rings is 1. The molecule has 3 aromatic rings. The Hall–Kier alpha value is -3.35. The maximum absolute atomic E-state index is 13.2. The number of rotatable bonds is 7. The standard InChI is InChI=1S/C27H24Cl2N2O4/c1-16(2)15-35-20-7-3-6-19(11-20)25(32)23-24(18-8-9-21(28)22(29)12-18)31(27(34)26(23)33)14-17-5-4-10-30-13-17/h3-13,16,24,32H,14-15H2,1-2H3/b25-23-. The van der Waals surface area contributed by atoms with Crippen LogP contribution in [0.4, 0.5) is 0 Å². The number of aliphatic hydroxyl groups is 1. The lowest BCUT2D eigenvalue weighted by molar-refractivity contribution is -0.140. The minimum Gasteiger partial charge on any atom is -0.507 e. The predicted molar refractivity (Wildman–Crippen MR) is 135 cm³/mol. The van der Waals surface area contributed by atoms with Gasteiger partial charge in [-0.15, -0.1) is 0 Å². The Labute approximate surface area is 213 Å². The number of halogens is 2. The summed E-state index contributed by atoms with van der Waals surface area (Å²) in [6.45, 7) is 4.69. The molecule has 6 nitrogen and oxygen atoms in total. The molecule has 1 saturated heterocycles. The van der Waals surface area contributed by atoms with Crippen molar-refractivity contribution in [1.29, 1.82) is 0 Å². The molecule has 0 spiro atoms. The van der Waals surface area contributed by atoms with Gasteiger partial charge in [-0.05, 0) is 47.4 Å². The van der Waals surface area contributed by atoms with Crippen LogP contribution in [0.15, 0.2) is 72.6 Å². The summed E-state index contributed by atoms with van der Waals surface area (Å²) < 4.78 is 5.77. The van der Waals surface area contributed by atoms with Crippen molar-refractivity contribution in [2.45, 2.75) is 26.4 Å². The number of benzene rings is 2. The highest BCUT2D eigenvalue weighted by molar-refractivity contribution is 6.46. The van der Waals surface area contributed by atoms with E-state index in [4.69, 9.17) is 27.9 Å². The fraction of sp³-hybridized carbons (Fsp3) is 0.222. The fourth-order valence-corrected chi connectivity index (χ4v) is 4.22. The lowest BCUT2D eigenvalue weighted by atomic mass is 9.95. The van der Waals surface area contributed by atoms with Gasteiger partial charge in [-0.25, -0.2) is 0 Å². The van der Waals surface area contributed by atoms with Crippen LogP contribution < -0.4 is 4.74 Å². The second-order valence-corrected chi connectivity index (χ2v) is 9.51. The van der Waals surface area contributed by atoms with Gasteiger partial charge in [-0.3, -0.25) is 14.6 Å². The van der Waals surface area contributed by atoms with Crippen molar-refractivity contribution < 1.29 is 19.4 Å². The summed E-state index contributed by atoms with van der Waals surface area (Å²) in [6.07, 6.45) is 3.25. The molecule has 180 valence electrons. The van der Waals surface area contributed by atoms with Gasteiger partial charge < -0.3 is 14.7 Å². The SMILES string of the molecule is CC(C)COc1cccc(/C(O)=C2/C(=O)C(=O)N(Cc3cccnc3)C2c2ccc(Cl)c(Cl)c2)c1. The van der Waals surface area contributed by atoms with Gasteiger partial charge in [-0.1, -0.05) is 61.3 Å². The average molecular weight is 511 g/mol. The Morgan fingerprint density at radius 1 is 1.09 bits per heavy atom. The van der Waals surface area contributed by atoms with Crippen molar-refractivity contribution in [3.63, 3.8) is 0 Å². The molecule has 35 heavy (non-hydrogen) atoms. The van der Waals surface area contributed by atoms with Crippen LogP contribution in [0.3, 0.4) is 0 Å². The van der Waals surface area contributed by atoms with E-state index in [9.17, 15) is 14.7 Å². The Kier molecular flexibility index (Phi) is 7.43. The highest BCUT2D eigenvalue weighted by Gasteiger charge is 2.46. The number of likely N-dealkylation sites (tertiary alicyclic amines) is 1. The van der Waals surface area contributed by atoms with Crippen LogP contribution in [0.25, 0.3) is 5.76 Å². The van der Waals surface area contributed by atoms with Crippen molar-refractivity contribution in [2.24, 2.45) is 5.92 Å². The normalized spacial score (nSPS) is 17.3. The van der Waals surface area contributed by atoms with Gasteiger partial charge in [0.05, 0.1) is 28.3 Å². The highest BCUT2D eigenvalue weighted by Crippen LogP contribution is 2.42. The predicted octanol–water partition coefficient (Wildman–Crippen LogP) is 6.05. The molecule has 0 radical (unpaired) electrons. The summed E-state index contributed by atoms with van der Waals surface area (Å²) in [7, 11) is 0. The zero-order chi connectivity index (χ0) is 25.1. The van der Waals surface area contributed by atoms with Crippen LogP contribution in [0.5, 0.6) is 5.75 Å². The van der Waals surface area contributed by atoms with E-state index in [0.29, 0.717) is 34.4 Å². The number of carbonyl (C=O) groups excluding carboxylic acids is 2. The smallest absolute Gasteiger partial charge is 0.295 e. The second kappa shape index (κ2) is 10.5. The first kappa shape index (κ1) is 24.8. The number of Topliss-reactive ketones (excluding diaryl/α,β-unsaturated/α-hetero) is 1. The molecular formula is C27H24Cl2N2O4. The quantitative estimate of drug-likeness (QED) is 0.238. The number of ether oxygens (including phenoxy) is 1. The highest BCUT2D eigenvalue weighted by atomic mass is 35.5. The summed E-state index contributed by atoms with van der Waals surface area (Å²) >= 11 is 12.4. The summed E-state index contributed by atoms with van der Waals surface area (Å²) in [5, 5.41) is 11.9. The monoisotopic (exact) mass is 510 g/mol. The van der Waals surface area contributed by atoms with Crippen LogP contribution >= 0.6 is 23.2 Å². The first-order valence-electron chi connectivity index (χ1n) is 11.1. The van der Waals surface area contributed by atoms with Gasteiger partial charge in [0.25, 0.3) is 11.7 Å². The summed E-state index contributed by atoms with van der Waals surface area (Å²) in [6, 6.07) is 14.4. The number of ketones is 1. The van der Waals surface area contributed by atoms with Crippen LogP contribution in [-0.4, -0.2) is 33.3 Å². The van der Waals surface area contributed by atoms with Gasteiger partial charge in [0.1, 0.15) is 11.5 Å². The largest absolute Gasteiger partial charge is 0.507 e. The molecular weight excluding hydrogens is 487 g/mol. The van der Waals surface area contributed by atoms with Crippen molar-refractivity contribution in [3.05, 3.63) is 99.3 Å². The van der Waals surface area contributed by atoms with E-state index < -0.39 is 17.7 Å². The Morgan fingerprint density at radius 3 is 2.57 bits per heavy atom. The minimum absolute atomic E-state index is 0.0294. The van der Waals surface area contributed by atoms with Crippen LogP contribution in [0.1, 0.15) is 36.6 Å². The zero-order valence-corrected chi connectivity index (χ0v) is 20.8. The molecule has 1 aromatic heterocycles. The average Bonchev–Trinajstić information content (AvgIpc) is 3.09. The van der Waals surface area contributed by atoms with Gasteiger partial charge in [0.15, 0.2) is 0 Å². The third-order valence-corrected chi connectivity index (χ3v) is 6.30. The first-order chi connectivity index (χ1) is 16.8. The molecule has 0 aliphatic carbocycles. The second-order valence-electron chi connectivity index (χ2n) is 8.69. The number of aromatic nitrogens is 1. The maximum Gasteiger partial charge on any atom is 0.295 e. The van der Waals surface area contributed by atoms with Gasteiger partial charge >= 0.3 is 0 Å². The molecule has 1 atom stereocenters. The third kappa shape index (κ3) is 5.34. The summed E-state index contributed by atoms with van der Waals surface area (Å²) in [5.74, 6) is -0.920. The van der Waals surface area contributed by atoms with E-state index in [1.165, 1.54) is 4.90 Å². The fourth-order valence-electron chi connectivity index (χ4n) is 3.91. The van der Waals surface area contributed by atoms with Crippen molar-refractivity contribution in [1.82, 2.24) is 9.88 Å². The van der Waals surface area contributed by atoms with E-state index in [-0.39, 0.29) is 22.9 Å². The molecule has 1 fully saturated rings. The number of aliphatic hydroxyl groups excluding tert-OH is 1. The van der Waals surface area contributed by atoms with Gasteiger partial charge in [0.2, 0.25) is 0 Å². The van der Waals surface area contributed by atoms with Crippen LogP contribution in [-0.2, 0) is 16.1 Å². The molecule has 8 heteroatoms. The molecule has 4 rings (SSSR count). The molecule has 2 aromatic carbocycles. The summed E-state index contributed by atoms with van der Waals surface area (Å²) in [4.78, 5) is 31.9. The number of carbonyl (C=O) groups is 2. The van der Waals surface area contributed by atoms with E-state index >= 15 is 0 Å². The van der Waals surface area contributed by atoms with E-state index in [1.54, 1.807) is 60.9 Å². The number of nitrogens with zero attached hydrogens (tertiary/aromatic N) is 2. The Balaban J connectivity index is 1.82. The third-order valence-electron chi connectivity index (χ3n) is 5.57. The summed E-state index contributed by atoms with van der Waals surface area (Å²) in [5.41, 5.74) is 1.63. The molecule has 2 heterocycles. The minimum atomic E-state index is -0.870. The number of amides is 1. The lowest BCUT2D eigenvalue weighted by Crippen LogP contribution is -2.29. The first-order valence-corrected chi connectivity index (χ1v) is 11.9. The van der Waals surface area contributed by atoms with Crippen molar-refractivity contribution >= 4 is 40.7 Å². The zero-order valence-electron chi connectivity index (χ0n) is 19.2. The van der Waals surface area contributed by atoms with E-state index in [1.807, 2.05) is 19.9 Å². The molecule has 0 bridgehead atoms. The van der Waals surface area contributed by atoms with Crippen molar-refractivity contribution in [3.8, 4) is 5.75 Å². The van der Waals surface area contributed by atoms with E-state index in [0.717, 1.165) is 5.56 Å². The molecule has 1 unspecified atom stereocenters. The molecule has 1 aliphatic rings. The Morgan fingerprint density at radius 2 is 1.89 bits per heavy atom. The van der Waals surface area contributed by atoms with Crippen LogP contribution in [0, 0.1) is 5.92 Å². The van der Waals surface area contributed by atoms with E-state index in [2.05, 4.69) is 4.98 Å². The number of hydrogen-bond donors (Lipinski definition) is 1. The van der Waals surface area contributed by atoms with Gasteiger partial charge in [-0.2, -0.15) is 0 Å². The molecule has 0 saturated carbocycles.